The fourth-order valence-corrected chi connectivity index (χ4v) is 1.57. The Morgan fingerprint density at radius 2 is 1.92 bits per heavy atom. The molecule has 2 rings (SSSR count). The lowest BCUT2D eigenvalue weighted by atomic mass is 9.84. The van der Waals surface area contributed by atoms with E-state index in [-0.39, 0.29) is 6.04 Å². The van der Waals surface area contributed by atoms with Crippen LogP contribution in [0.15, 0.2) is 30.3 Å². The molecule has 1 aromatic rings. The van der Waals surface area contributed by atoms with Crippen LogP contribution in [0.1, 0.15) is 11.6 Å². The van der Waals surface area contributed by atoms with Crippen molar-refractivity contribution in [3.05, 3.63) is 35.9 Å². The maximum Gasteiger partial charge on any atom is 0.109 e. The van der Waals surface area contributed by atoms with Crippen molar-refractivity contribution in [2.24, 2.45) is 5.73 Å². The summed E-state index contributed by atoms with van der Waals surface area (Å²) >= 11 is 0. The molecule has 0 radical (unpaired) electrons. The standard InChI is InChI=1S/C10H14N2O/c11-9(10(13)6-12-7-10)8-4-2-1-3-5-8/h1-5,9,12-13H,6-7,11H2. The molecule has 13 heavy (non-hydrogen) atoms. The molecule has 0 saturated carbocycles. The van der Waals surface area contributed by atoms with E-state index in [0.717, 1.165) is 5.56 Å². The van der Waals surface area contributed by atoms with Gasteiger partial charge in [0, 0.05) is 13.1 Å². The summed E-state index contributed by atoms with van der Waals surface area (Å²) in [5.74, 6) is 0. The molecule has 3 heteroatoms. The summed E-state index contributed by atoms with van der Waals surface area (Å²) in [6, 6.07) is 9.42. The van der Waals surface area contributed by atoms with Gasteiger partial charge in [-0.05, 0) is 5.56 Å². The average molecular weight is 178 g/mol. The predicted octanol–water partition coefficient (Wildman–Crippen LogP) is 0.0207. The highest BCUT2D eigenvalue weighted by molar-refractivity contribution is 5.23. The fraction of sp³-hybridized carbons (Fsp3) is 0.400. The summed E-state index contributed by atoms with van der Waals surface area (Å²) in [5.41, 5.74) is 6.19. The van der Waals surface area contributed by atoms with Gasteiger partial charge in [-0.2, -0.15) is 0 Å². The van der Waals surface area contributed by atoms with Gasteiger partial charge in [-0.15, -0.1) is 0 Å². The molecule has 1 aliphatic rings. The molecular weight excluding hydrogens is 164 g/mol. The molecule has 1 saturated heterocycles. The number of nitrogens with one attached hydrogen (secondary N) is 1. The van der Waals surface area contributed by atoms with E-state index in [1.807, 2.05) is 30.3 Å². The molecule has 1 heterocycles. The summed E-state index contributed by atoms with van der Waals surface area (Å²) in [7, 11) is 0. The lowest BCUT2D eigenvalue weighted by Gasteiger charge is -2.42. The molecule has 3 nitrogen and oxygen atoms in total. The van der Waals surface area contributed by atoms with Crippen molar-refractivity contribution < 1.29 is 5.11 Å². The molecule has 0 amide bonds. The maximum atomic E-state index is 9.94. The van der Waals surface area contributed by atoms with Gasteiger partial charge in [0.15, 0.2) is 0 Å². The molecule has 1 fully saturated rings. The number of β-amino-alcohol motifs (C(OH)–C–C–N with tert-alkyl or cyclic N) is 1. The predicted molar refractivity (Wildman–Crippen MR) is 51.2 cm³/mol. The van der Waals surface area contributed by atoms with Crippen LogP contribution in [0.25, 0.3) is 0 Å². The molecule has 0 bridgehead atoms. The molecule has 0 aliphatic carbocycles. The summed E-state index contributed by atoms with van der Waals surface area (Å²) in [6.07, 6.45) is 0. The molecular formula is C10H14N2O. The lowest BCUT2D eigenvalue weighted by Crippen LogP contribution is -2.64. The third kappa shape index (κ3) is 1.46. The van der Waals surface area contributed by atoms with E-state index in [1.165, 1.54) is 0 Å². The van der Waals surface area contributed by atoms with E-state index in [2.05, 4.69) is 5.32 Å². The molecule has 1 aromatic carbocycles. The van der Waals surface area contributed by atoms with Gasteiger partial charge in [0.2, 0.25) is 0 Å². The van der Waals surface area contributed by atoms with Gasteiger partial charge in [-0.3, -0.25) is 0 Å². The number of aliphatic hydroxyl groups is 1. The number of rotatable bonds is 2. The zero-order valence-corrected chi connectivity index (χ0v) is 7.40. The summed E-state index contributed by atoms with van der Waals surface area (Å²) in [6.45, 7) is 1.17. The first-order chi connectivity index (χ1) is 6.22. The van der Waals surface area contributed by atoms with Crippen molar-refractivity contribution in [1.82, 2.24) is 5.32 Å². The minimum atomic E-state index is -0.749. The highest BCUT2D eigenvalue weighted by Crippen LogP contribution is 2.26. The molecule has 0 spiro atoms. The summed E-state index contributed by atoms with van der Waals surface area (Å²) in [4.78, 5) is 0. The highest BCUT2D eigenvalue weighted by atomic mass is 16.3. The number of benzene rings is 1. The SMILES string of the molecule is NC(c1ccccc1)C1(O)CNC1. The van der Waals surface area contributed by atoms with Gasteiger partial charge < -0.3 is 16.2 Å². The van der Waals surface area contributed by atoms with Crippen LogP contribution in [0.4, 0.5) is 0 Å². The zero-order valence-electron chi connectivity index (χ0n) is 7.40. The van der Waals surface area contributed by atoms with Crippen LogP contribution in [0, 0.1) is 0 Å². The highest BCUT2D eigenvalue weighted by Gasteiger charge is 2.40. The van der Waals surface area contributed by atoms with Gasteiger partial charge in [0.05, 0.1) is 6.04 Å². The molecule has 70 valence electrons. The average Bonchev–Trinajstić information content (AvgIpc) is 2.14. The van der Waals surface area contributed by atoms with Crippen LogP contribution in [0.5, 0.6) is 0 Å². The maximum absolute atomic E-state index is 9.94. The Bertz CT molecular complexity index is 282. The first-order valence-electron chi connectivity index (χ1n) is 4.46. The van der Waals surface area contributed by atoms with E-state index >= 15 is 0 Å². The van der Waals surface area contributed by atoms with Crippen LogP contribution in [-0.4, -0.2) is 23.8 Å². The first-order valence-corrected chi connectivity index (χ1v) is 4.46. The van der Waals surface area contributed by atoms with Gasteiger partial charge in [-0.1, -0.05) is 30.3 Å². The van der Waals surface area contributed by atoms with Gasteiger partial charge in [0.25, 0.3) is 0 Å². The normalized spacial score (nSPS) is 22.0. The van der Waals surface area contributed by atoms with Crippen molar-refractivity contribution in [3.63, 3.8) is 0 Å². The summed E-state index contributed by atoms with van der Waals surface area (Å²) in [5, 5.41) is 13.0. The monoisotopic (exact) mass is 178 g/mol. The Balaban J connectivity index is 2.17. The lowest BCUT2D eigenvalue weighted by molar-refractivity contribution is -0.0333. The second kappa shape index (κ2) is 3.10. The smallest absolute Gasteiger partial charge is 0.109 e. The topological polar surface area (TPSA) is 58.3 Å². The molecule has 0 aromatic heterocycles. The van der Waals surface area contributed by atoms with Crippen molar-refractivity contribution in [1.29, 1.82) is 0 Å². The number of hydrogen-bond donors (Lipinski definition) is 3. The van der Waals surface area contributed by atoms with Gasteiger partial charge in [-0.25, -0.2) is 0 Å². The molecule has 4 N–H and O–H groups in total. The van der Waals surface area contributed by atoms with Crippen LogP contribution in [-0.2, 0) is 0 Å². The Morgan fingerprint density at radius 3 is 2.38 bits per heavy atom. The second-order valence-electron chi connectivity index (χ2n) is 3.60. The third-order valence-electron chi connectivity index (χ3n) is 2.60. The van der Waals surface area contributed by atoms with Crippen LogP contribution < -0.4 is 11.1 Å². The van der Waals surface area contributed by atoms with Crippen LogP contribution in [0.3, 0.4) is 0 Å². The second-order valence-corrected chi connectivity index (χ2v) is 3.60. The van der Waals surface area contributed by atoms with E-state index < -0.39 is 5.60 Å². The molecule has 1 unspecified atom stereocenters. The van der Waals surface area contributed by atoms with Crippen LogP contribution in [0.2, 0.25) is 0 Å². The number of hydrogen-bond acceptors (Lipinski definition) is 3. The molecule has 1 atom stereocenters. The Morgan fingerprint density at radius 1 is 1.31 bits per heavy atom. The quantitative estimate of drug-likeness (QED) is 0.598. The Hall–Kier alpha value is -0.900. The van der Waals surface area contributed by atoms with E-state index in [4.69, 9.17) is 5.73 Å². The summed E-state index contributed by atoms with van der Waals surface area (Å²) < 4.78 is 0. The minimum absolute atomic E-state index is 0.282. The van der Waals surface area contributed by atoms with Crippen LogP contribution >= 0.6 is 0 Å². The fourth-order valence-electron chi connectivity index (χ4n) is 1.57. The van der Waals surface area contributed by atoms with Crippen molar-refractivity contribution in [3.8, 4) is 0 Å². The van der Waals surface area contributed by atoms with Crippen molar-refractivity contribution in [2.45, 2.75) is 11.6 Å². The van der Waals surface area contributed by atoms with Crippen molar-refractivity contribution >= 4 is 0 Å². The molecule has 1 aliphatic heterocycles. The van der Waals surface area contributed by atoms with Gasteiger partial charge in [0.1, 0.15) is 5.60 Å². The van der Waals surface area contributed by atoms with E-state index in [1.54, 1.807) is 0 Å². The van der Waals surface area contributed by atoms with Gasteiger partial charge >= 0.3 is 0 Å². The zero-order chi connectivity index (χ0) is 9.31. The Labute approximate surface area is 77.6 Å². The minimum Gasteiger partial charge on any atom is -0.385 e. The third-order valence-corrected chi connectivity index (χ3v) is 2.60. The number of nitrogens with two attached hydrogens (primary N) is 1. The first kappa shape index (κ1) is 8.69. The van der Waals surface area contributed by atoms with Crippen molar-refractivity contribution in [2.75, 3.05) is 13.1 Å². The largest absolute Gasteiger partial charge is 0.385 e. The van der Waals surface area contributed by atoms with E-state index in [0.29, 0.717) is 13.1 Å². The van der Waals surface area contributed by atoms with E-state index in [9.17, 15) is 5.11 Å². The Kier molecular flexibility index (Phi) is 2.07.